The van der Waals surface area contributed by atoms with Crippen molar-refractivity contribution in [3.8, 4) is 17.6 Å². The molecule has 0 radical (unpaired) electrons. The number of ether oxygens (including phenoxy) is 4. The summed E-state index contributed by atoms with van der Waals surface area (Å²) in [4.78, 5) is 13.9. The van der Waals surface area contributed by atoms with Gasteiger partial charge >= 0.3 is 6.01 Å². The van der Waals surface area contributed by atoms with Crippen molar-refractivity contribution in [1.82, 2.24) is 14.9 Å². The average Bonchev–Trinajstić information content (AvgIpc) is 3.55. The number of rotatable bonds is 8. The largest absolute Gasteiger partial charge is 0.481 e. The van der Waals surface area contributed by atoms with Crippen molar-refractivity contribution in [1.29, 1.82) is 0 Å². The molecule has 3 aromatic rings. The fourth-order valence-corrected chi connectivity index (χ4v) is 7.55. The molecule has 3 fully saturated rings. The molecule has 3 atom stereocenters. The van der Waals surface area contributed by atoms with Gasteiger partial charge in [-0.15, -0.1) is 0 Å². The Kier molecular flexibility index (Phi) is 7.75. The molecule has 10 heteroatoms. The summed E-state index contributed by atoms with van der Waals surface area (Å²) in [5, 5.41) is 1.82. The molecule has 0 amide bonds. The lowest BCUT2D eigenvalue weighted by atomic mass is 9.95. The second-order valence-corrected chi connectivity index (χ2v) is 12.3. The highest BCUT2D eigenvalue weighted by atomic mass is 19.1. The van der Waals surface area contributed by atoms with Gasteiger partial charge in [-0.3, -0.25) is 4.90 Å². The fraction of sp³-hybridized carbons (Fsp3) is 0.576. The van der Waals surface area contributed by atoms with Gasteiger partial charge in [-0.1, -0.05) is 13.0 Å². The molecule has 1 unspecified atom stereocenters. The predicted molar refractivity (Wildman–Crippen MR) is 159 cm³/mol. The van der Waals surface area contributed by atoms with Crippen LogP contribution in [0, 0.1) is 5.82 Å². The number of aryl methyl sites for hydroxylation is 1. The summed E-state index contributed by atoms with van der Waals surface area (Å²) in [6, 6.07) is 7.62. The molecule has 0 spiro atoms. The van der Waals surface area contributed by atoms with Crippen molar-refractivity contribution < 1.29 is 27.7 Å². The van der Waals surface area contributed by atoms with Crippen molar-refractivity contribution in [3.05, 3.63) is 46.9 Å². The molecule has 8 nitrogen and oxygen atoms in total. The van der Waals surface area contributed by atoms with Crippen LogP contribution in [-0.4, -0.2) is 72.8 Å². The minimum atomic E-state index is -0.825. The maximum Gasteiger partial charge on any atom is 0.320 e. The van der Waals surface area contributed by atoms with E-state index in [2.05, 4.69) is 14.8 Å². The van der Waals surface area contributed by atoms with E-state index in [4.69, 9.17) is 23.9 Å². The minimum absolute atomic E-state index is 0.208. The SMILES string of the molecule is CCc1c(F)ccc2cc(OC3CCCCO3)cc(N3CCc4c(nc(OC[C@@]56CCCN5C[C@H](F)C6)nc4OC)C3)c12. The van der Waals surface area contributed by atoms with Crippen molar-refractivity contribution in [2.24, 2.45) is 0 Å². The zero-order chi connectivity index (χ0) is 29.6. The Balaban J connectivity index is 1.21. The highest BCUT2D eigenvalue weighted by molar-refractivity contribution is 5.98. The maximum absolute atomic E-state index is 15.1. The number of anilines is 1. The monoisotopic (exact) mass is 594 g/mol. The van der Waals surface area contributed by atoms with Crippen molar-refractivity contribution in [2.45, 2.75) is 82.8 Å². The summed E-state index contributed by atoms with van der Waals surface area (Å²) in [7, 11) is 1.61. The van der Waals surface area contributed by atoms with E-state index < -0.39 is 6.17 Å². The summed E-state index contributed by atoms with van der Waals surface area (Å²) in [6.45, 7) is 5.56. The van der Waals surface area contributed by atoms with Crippen LogP contribution >= 0.6 is 0 Å². The lowest BCUT2D eigenvalue weighted by Gasteiger charge is -2.33. The van der Waals surface area contributed by atoms with Crippen molar-refractivity contribution >= 4 is 16.5 Å². The van der Waals surface area contributed by atoms with Gasteiger partial charge in [0.2, 0.25) is 5.88 Å². The first-order valence-corrected chi connectivity index (χ1v) is 15.7. The Hall–Kier alpha value is -3.24. The number of hydrogen-bond acceptors (Lipinski definition) is 8. The van der Waals surface area contributed by atoms with Crippen LogP contribution in [0.25, 0.3) is 10.8 Å². The Morgan fingerprint density at radius 2 is 2.05 bits per heavy atom. The molecule has 0 aliphatic carbocycles. The van der Waals surface area contributed by atoms with E-state index in [1.54, 1.807) is 13.2 Å². The average molecular weight is 595 g/mol. The van der Waals surface area contributed by atoms with Gasteiger partial charge in [-0.05, 0) is 68.2 Å². The topological polar surface area (TPSA) is 69.2 Å². The van der Waals surface area contributed by atoms with Crippen LogP contribution in [0.5, 0.6) is 17.6 Å². The molecule has 3 saturated heterocycles. The van der Waals surface area contributed by atoms with Crippen molar-refractivity contribution in [2.75, 3.05) is 44.9 Å². The molecule has 1 aromatic heterocycles. The molecule has 43 heavy (non-hydrogen) atoms. The number of methoxy groups -OCH3 is 1. The third-order valence-electron chi connectivity index (χ3n) is 9.65. The normalized spacial score (nSPS) is 25.5. The molecule has 7 rings (SSSR count). The second kappa shape index (κ2) is 11.7. The highest BCUT2D eigenvalue weighted by Gasteiger charge is 2.49. The number of aromatic nitrogens is 2. The summed E-state index contributed by atoms with van der Waals surface area (Å²) in [5.74, 6) is 1.01. The van der Waals surface area contributed by atoms with Gasteiger partial charge in [-0.2, -0.15) is 9.97 Å². The number of halogens is 2. The maximum atomic E-state index is 15.1. The van der Waals surface area contributed by atoms with E-state index >= 15 is 4.39 Å². The van der Waals surface area contributed by atoms with Gasteiger partial charge in [0.15, 0.2) is 6.29 Å². The Morgan fingerprint density at radius 3 is 2.86 bits per heavy atom. The number of fused-ring (bicyclic) bond motifs is 3. The predicted octanol–water partition coefficient (Wildman–Crippen LogP) is 5.76. The summed E-state index contributed by atoms with van der Waals surface area (Å²) >= 11 is 0. The first kappa shape index (κ1) is 28.5. The van der Waals surface area contributed by atoms with Crippen LogP contribution < -0.4 is 19.1 Å². The number of nitrogens with zero attached hydrogens (tertiary/aromatic N) is 4. The molecule has 4 aliphatic heterocycles. The van der Waals surface area contributed by atoms with Crippen LogP contribution in [0.2, 0.25) is 0 Å². The van der Waals surface area contributed by atoms with E-state index in [0.717, 1.165) is 66.4 Å². The minimum Gasteiger partial charge on any atom is -0.481 e. The lowest BCUT2D eigenvalue weighted by Crippen LogP contribution is -2.43. The van der Waals surface area contributed by atoms with Gasteiger partial charge < -0.3 is 23.8 Å². The Labute approximate surface area is 251 Å². The van der Waals surface area contributed by atoms with E-state index in [-0.39, 0.29) is 23.7 Å². The van der Waals surface area contributed by atoms with Crippen LogP contribution in [-0.2, 0) is 24.1 Å². The van der Waals surface area contributed by atoms with E-state index in [1.165, 1.54) is 0 Å². The lowest BCUT2D eigenvalue weighted by molar-refractivity contribution is -0.105. The van der Waals surface area contributed by atoms with Crippen LogP contribution in [0.3, 0.4) is 0 Å². The zero-order valence-electron chi connectivity index (χ0n) is 25.0. The Bertz CT molecular complexity index is 1500. The molecule has 5 heterocycles. The van der Waals surface area contributed by atoms with Gasteiger partial charge in [0, 0.05) is 48.6 Å². The number of alkyl halides is 1. The van der Waals surface area contributed by atoms with Gasteiger partial charge in [0.1, 0.15) is 24.3 Å². The van der Waals surface area contributed by atoms with Crippen LogP contribution in [0.4, 0.5) is 14.5 Å². The Morgan fingerprint density at radius 1 is 1.14 bits per heavy atom. The first-order chi connectivity index (χ1) is 21.0. The van der Waals surface area contributed by atoms with E-state index in [1.807, 2.05) is 25.1 Å². The third-order valence-corrected chi connectivity index (χ3v) is 9.65. The molecule has 0 saturated carbocycles. The summed E-state index contributed by atoms with van der Waals surface area (Å²) < 4.78 is 53.5. The fourth-order valence-electron chi connectivity index (χ4n) is 7.55. The van der Waals surface area contributed by atoms with Gasteiger partial charge in [-0.25, -0.2) is 8.78 Å². The first-order valence-electron chi connectivity index (χ1n) is 15.7. The molecule has 0 N–H and O–H groups in total. The van der Waals surface area contributed by atoms with Crippen LogP contribution in [0.1, 0.15) is 62.3 Å². The molecular formula is C33H40F2N4O4. The third kappa shape index (κ3) is 5.37. The van der Waals surface area contributed by atoms with Crippen molar-refractivity contribution in [3.63, 3.8) is 0 Å². The van der Waals surface area contributed by atoms with E-state index in [9.17, 15) is 4.39 Å². The highest BCUT2D eigenvalue weighted by Crippen LogP contribution is 2.42. The zero-order valence-corrected chi connectivity index (χ0v) is 25.0. The molecular weight excluding hydrogens is 554 g/mol. The van der Waals surface area contributed by atoms with Gasteiger partial charge in [0.25, 0.3) is 0 Å². The van der Waals surface area contributed by atoms with E-state index in [0.29, 0.717) is 69.3 Å². The van der Waals surface area contributed by atoms with Gasteiger partial charge in [0.05, 0.1) is 31.5 Å². The molecule has 4 aliphatic rings. The standard InChI is InChI=1S/C33H40F2N4O4/c1-3-24-26(35)9-8-21-15-23(43-29-7-4-5-14-41-29)16-28(30(21)24)38-13-10-25-27(19-38)36-32(37-31(25)40-2)42-20-33-11-6-12-39(33)18-22(34)17-33/h8-9,15-16,22,29H,3-7,10-14,17-20H2,1-2H3/t22-,29?,33+/m1/s1. The molecule has 2 aromatic carbocycles. The van der Waals surface area contributed by atoms with Crippen LogP contribution in [0.15, 0.2) is 24.3 Å². The number of benzene rings is 2. The summed E-state index contributed by atoms with van der Waals surface area (Å²) in [5.41, 5.74) is 3.07. The molecule has 230 valence electrons. The summed E-state index contributed by atoms with van der Waals surface area (Å²) in [6.07, 6.45) is 5.52. The number of hydrogen-bond donors (Lipinski definition) is 0. The quantitative estimate of drug-likeness (QED) is 0.326. The smallest absolute Gasteiger partial charge is 0.320 e. The molecule has 0 bridgehead atoms. The second-order valence-electron chi connectivity index (χ2n) is 12.3.